The first kappa shape index (κ1) is 47.4. The Morgan fingerprint density at radius 3 is 1.59 bits per heavy atom. The standard InChI is InChI=1S/C44H45N3O2.2C7H7.Zr/c1-29-25-34(43(48)38(26-29)42-31(3)18-19-32-12-6-7-13-35(32)42)28-46(23-22-45(4)5)21-20-33-24-30(2)27-41(44(33)49)47-39-16-10-8-14-36(39)37-15-9-11-17-40(37)47;2*1-7-5-3-2-4-6-7;/h6-19,24-27,48-49H,20-23,28H2,1-5H3;2*2-6H,1H2;/q;2*-1;+4. The van der Waals surface area contributed by atoms with Crippen molar-refractivity contribution in [2.75, 3.05) is 33.7 Å². The van der Waals surface area contributed by atoms with Crippen molar-refractivity contribution in [3.8, 4) is 28.3 Å². The van der Waals surface area contributed by atoms with Crippen molar-refractivity contribution in [1.29, 1.82) is 0 Å². The SMILES string of the molecule is Cc1cc(CN(CCc2cc(C)cc(-n3c4ccccc4c4ccccc43)c2O)CCN(C)C)c(O)c(-c2c(C)ccc3ccccc23)c1.[CH2-]c1ccccc1.[CH2-]c1ccccc1.[Zr+4]. The molecule has 0 saturated carbocycles. The van der Waals surface area contributed by atoms with Crippen LogP contribution in [0.1, 0.15) is 38.9 Å². The molecular weight excluding hydrogens is 862 g/mol. The van der Waals surface area contributed by atoms with E-state index < -0.39 is 0 Å². The Labute approximate surface area is 399 Å². The van der Waals surface area contributed by atoms with Gasteiger partial charge in [0.05, 0.1) is 16.7 Å². The molecule has 2 N–H and O–H groups in total. The molecule has 1 aromatic heterocycles. The van der Waals surface area contributed by atoms with E-state index >= 15 is 0 Å². The van der Waals surface area contributed by atoms with Crippen LogP contribution in [0.5, 0.6) is 11.5 Å². The third-order valence-electron chi connectivity index (χ3n) is 11.5. The molecule has 0 atom stereocenters. The maximum atomic E-state index is 11.9. The summed E-state index contributed by atoms with van der Waals surface area (Å²) in [5.74, 6) is 0.656. The van der Waals surface area contributed by atoms with Gasteiger partial charge in [0, 0.05) is 48.1 Å². The minimum Gasteiger partial charge on any atom is -0.507 e. The first-order valence-electron chi connectivity index (χ1n) is 21.7. The van der Waals surface area contributed by atoms with E-state index in [-0.39, 0.29) is 26.2 Å². The molecule has 0 radical (unpaired) electrons. The van der Waals surface area contributed by atoms with Gasteiger partial charge >= 0.3 is 26.2 Å². The molecule has 6 heteroatoms. The molecule has 0 bridgehead atoms. The number of aryl methyl sites for hydroxylation is 3. The molecule has 9 aromatic rings. The monoisotopic (exact) mass is 919 g/mol. The second kappa shape index (κ2) is 22.0. The molecular formula is C58H59N3O2Zr+2. The predicted octanol–water partition coefficient (Wildman–Crippen LogP) is 13.3. The van der Waals surface area contributed by atoms with Crippen LogP contribution in [0.3, 0.4) is 0 Å². The van der Waals surface area contributed by atoms with Crippen molar-refractivity contribution in [2.24, 2.45) is 0 Å². The average Bonchev–Trinajstić information content (AvgIpc) is 3.62. The Balaban J connectivity index is 0.000000386. The average molecular weight is 921 g/mol. The fourth-order valence-corrected chi connectivity index (χ4v) is 8.37. The van der Waals surface area contributed by atoms with Crippen LogP contribution in [0.4, 0.5) is 0 Å². The van der Waals surface area contributed by atoms with Gasteiger partial charge in [-0.25, -0.2) is 0 Å². The number of hydrogen-bond acceptors (Lipinski definition) is 4. The summed E-state index contributed by atoms with van der Waals surface area (Å²) in [7, 11) is 4.18. The van der Waals surface area contributed by atoms with Gasteiger partial charge in [0.2, 0.25) is 0 Å². The third kappa shape index (κ3) is 11.4. The summed E-state index contributed by atoms with van der Waals surface area (Å²) in [5, 5.41) is 28.4. The Morgan fingerprint density at radius 1 is 0.516 bits per heavy atom. The van der Waals surface area contributed by atoms with Crippen LogP contribution >= 0.6 is 0 Å². The number of nitrogens with zero attached hydrogens (tertiary/aromatic N) is 3. The summed E-state index contributed by atoms with van der Waals surface area (Å²) < 4.78 is 2.20. The van der Waals surface area contributed by atoms with Crippen LogP contribution in [-0.2, 0) is 39.2 Å². The molecule has 0 unspecified atom stereocenters. The number of benzene rings is 8. The van der Waals surface area contributed by atoms with Crippen LogP contribution < -0.4 is 0 Å². The van der Waals surface area contributed by atoms with E-state index in [0.29, 0.717) is 24.5 Å². The molecule has 0 fully saturated rings. The van der Waals surface area contributed by atoms with Crippen molar-refractivity contribution in [3.63, 3.8) is 0 Å². The van der Waals surface area contributed by atoms with Crippen molar-refractivity contribution in [1.82, 2.24) is 14.4 Å². The number of rotatable bonds is 10. The van der Waals surface area contributed by atoms with Crippen molar-refractivity contribution in [2.45, 2.75) is 33.7 Å². The molecule has 64 heavy (non-hydrogen) atoms. The van der Waals surface area contributed by atoms with Gasteiger partial charge in [0.25, 0.3) is 0 Å². The van der Waals surface area contributed by atoms with Crippen molar-refractivity contribution >= 4 is 32.6 Å². The molecule has 0 aliphatic rings. The number of hydrogen-bond donors (Lipinski definition) is 2. The number of aromatic nitrogens is 1. The van der Waals surface area contributed by atoms with Gasteiger partial charge in [-0.3, -0.25) is 4.90 Å². The number of aromatic hydroxyl groups is 2. The second-order valence-corrected chi connectivity index (χ2v) is 16.8. The molecule has 0 amide bonds. The van der Waals surface area contributed by atoms with Gasteiger partial charge in [0.15, 0.2) is 0 Å². The number of fused-ring (bicyclic) bond motifs is 4. The summed E-state index contributed by atoms with van der Waals surface area (Å²) in [5.41, 5.74) is 12.3. The number of para-hydroxylation sites is 2. The topological polar surface area (TPSA) is 51.9 Å². The number of phenolic OH excluding ortho intramolecular Hbond substituents is 2. The zero-order chi connectivity index (χ0) is 44.5. The smallest absolute Gasteiger partial charge is 0.507 e. The minimum atomic E-state index is 0. The Kier molecular flexibility index (Phi) is 16.3. The minimum absolute atomic E-state index is 0. The van der Waals surface area contributed by atoms with Gasteiger partial charge in [-0.1, -0.05) is 97.1 Å². The maximum Gasteiger partial charge on any atom is 4.00 e. The van der Waals surface area contributed by atoms with E-state index in [0.717, 1.165) is 97.2 Å². The van der Waals surface area contributed by atoms with Crippen molar-refractivity contribution < 1.29 is 36.4 Å². The molecule has 0 spiro atoms. The Hall–Kier alpha value is -6.04. The van der Waals surface area contributed by atoms with Crippen LogP contribution in [0.2, 0.25) is 0 Å². The first-order valence-corrected chi connectivity index (χ1v) is 21.7. The number of likely N-dealkylation sites (N-methyl/N-ethyl adjacent to an activating group) is 1. The van der Waals surface area contributed by atoms with E-state index in [9.17, 15) is 10.2 Å². The van der Waals surface area contributed by atoms with E-state index in [1.54, 1.807) is 0 Å². The summed E-state index contributed by atoms with van der Waals surface area (Å²) in [6.07, 6.45) is 0.674. The molecule has 9 rings (SSSR count). The molecule has 0 saturated heterocycles. The maximum absolute atomic E-state index is 11.9. The third-order valence-corrected chi connectivity index (χ3v) is 11.5. The zero-order valence-electron chi connectivity index (χ0n) is 37.9. The Bertz CT molecular complexity index is 2850. The first-order chi connectivity index (χ1) is 30.5. The molecule has 320 valence electrons. The predicted molar refractivity (Wildman–Crippen MR) is 267 cm³/mol. The molecule has 5 nitrogen and oxygen atoms in total. The largest absolute Gasteiger partial charge is 4.00 e. The van der Waals surface area contributed by atoms with E-state index in [1.165, 1.54) is 10.8 Å². The molecule has 1 heterocycles. The van der Waals surface area contributed by atoms with Gasteiger partial charge in [-0.05, 0) is 104 Å². The van der Waals surface area contributed by atoms with Crippen LogP contribution in [0.25, 0.3) is 49.4 Å². The van der Waals surface area contributed by atoms with Crippen LogP contribution in [0, 0.1) is 34.6 Å². The van der Waals surface area contributed by atoms with E-state index in [2.05, 4.69) is 172 Å². The van der Waals surface area contributed by atoms with Gasteiger partial charge < -0.3 is 19.7 Å². The fraction of sp³-hybridized carbons (Fsp3) is 0.172. The van der Waals surface area contributed by atoms with Gasteiger partial charge in [-0.2, -0.15) is 49.2 Å². The summed E-state index contributed by atoms with van der Waals surface area (Å²) in [4.78, 5) is 4.59. The van der Waals surface area contributed by atoms with Crippen LogP contribution in [0.15, 0.2) is 170 Å². The van der Waals surface area contributed by atoms with E-state index in [4.69, 9.17) is 0 Å². The molecule has 8 aromatic carbocycles. The van der Waals surface area contributed by atoms with Crippen molar-refractivity contribution in [3.05, 3.63) is 223 Å². The number of phenols is 2. The molecule has 0 aliphatic carbocycles. The zero-order valence-corrected chi connectivity index (χ0v) is 40.3. The summed E-state index contributed by atoms with van der Waals surface area (Å²) in [6.45, 7) is 16.8. The quantitative estimate of drug-likeness (QED) is 0.134. The second-order valence-electron chi connectivity index (χ2n) is 16.8. The fourth-order valence-electron chi connectivity index (χ4n) is 8.37. The van der Waals surface area contributed by atoms with Crippen LogP contribution in [-0.4, -0.2) is 58.3 Å². The van der Waals surface area contributed by atoms with Gasteiger partial charge in [0.1, 0.15) is 11.5 Å². The Morgan fingerprint density at radius 2 is 1.03 bits per heavy atom. The summed E-state index contributed by atoms with van der Waals surface area (Å²) >= 11 is 0. The van der Waals surface area contributed by atoms with E-state index in [1.807, 2.05) is 60.7 Å². The normalized spacial score (nSPS) is 11.0. The molecule has 0 aliphatic heterocycles. The van der Waals surface area contributed by atoms with Gasteiger partial charge in [-0.15, -0.1) is 24.3 Å². The summed E-state index contributed by atoms with van der Waals surface area (Å²) in [6, 6.07) is 57.7.